The van der Waals surface area contributed by atoms with E-state index in [1.54, 1.807) is 0 Å². The van der Waals surface area contributed by atoms with Crippen LogP contribution in [0.25, 0.3) is 5.65 Å². The van der Waals surface area contributed by atoms with Gasteiger partial charge in [0.05, 0.1) is 5.69 Å². The van der Waals surface area contributed by atoms with E-state index < -0.39 is 0 Å². The Morgan fingerprint density at radius 3 is 2.37 bits per heavy atom. The lowest BCUT2D eigenvalue weighted by Crippen LogP contribution is -2.27. The third kappa shape index (κ3) is 3.00. The average molecular weight is 283 g/mol. The van der Waals surface area contributed by atoms with Gasteiger partial charge in [-0.15, -0.1) is 12.4 Å². The highest BCUT2D eigenvalue weighted by Crippen LogP contribution is 2.19. The summed E-state index contributed by atoms with van der Waals surface area (Å²) in [6.07, 6.45) is 4.17. The number of aromatic nitrogens is 3. The van der Waals surface area contributed by atoms with Gasteiger partial charge in [-0.25, -0.2) is 4.98 Å². The molecular weight excluding hydrogens is 260 g/mol. The van der Waals surface area contributed by atoms with Gasteiger partial charge in [-0.3, -0.25) is 0 Å². The van der Waals surface area contributed by atoms with Crippen LogP contribution in [0.3, 0.4) is 0 Å². The Bertz CT molecular complexity index is 529. The molecule has 106 valence electrons. The maximum absolute atomic E-state index is 4.61. The summed E-state index contributed by atoms with van der Waals surface area (Å²) in [6.45, 7) is 10.7. The van der Waals surface area contributed by atoms with E-state index in [0.29, 0.717) is 0 Å². The summed E-state index contributed by atoms with van der Waals surface area (Å²) in [5.74, 6) is 1.15. The zero-order valence-electron chi connectivity index (χ0n) is 12.2. The fourth-order valence-electron chi connectivity index (χ4n) is 2.27. The predicted octanol–water partition coefficient (Wildman–Crippen LogP) is 3.39. The first kappa shape index (κ1) is 15.8. The third-order valence-electron chi connectivity index (χ3n) is 3.28. The summed E-state index contributed by atoms with van der Waals surface area (Å²) in [5, 5.41) is 4.61. The number of anilines is 1. The summed E-state index contributed by atoms with van der Waals surface area (Å²) in [6, 6.07) is 2.06. The Labute approximate surface area is 121 Å². The van der Waals surface area contributed by atoms with Crippen molar-refractivity contribution < 1.29 is 0 Å². The quantitative estimate of drug-likeness (QED) is 0.843. The first-order valence-corrected chi connectivity index (χ1v) is 6.74. The van der Waals surface area contributed by atoms with Gasteiger partial charge >= 0.3 is 0 Å². The van der Waals surface area contributed by atoms with Crippen LogP contribution in [0.1, 0.15) is 37.9 Å². The highest BCUT2D eigenvalue weighted by atomic mass is 35.5. The molecular formula is C14H23ClN4. The molecule has 0 amide bonds. The molecule has 0 atom stereocenters. The molecule has 0 aliphatic rings. The van der Waals surface area contributed by atoms with Crippen LogP contribution >= 0.6 is 12.4 Å². The summed E-state index contributed by atoms with van der Waals surface area (Å²) in [7, 11) is 0. The molecule has 19 heavy (non-hydrogen) atoms. The Morgan fingerprint density at radius 1 is 1.16 bits per heavy atom. The molecule has 0 fully saturated rings. The molecule has 0 aliphatic carbocycles. The lowest BCUT2D eigenvalue weighted by Gasteiger charge is -2.23. The first-order chi connectivity index (χ1) is 8.69. The molecule has 4 nitrogen and oxygen atoms in total. The average Bonchev–Trinajstić information content (AvgIpc) is 2.65. The maximum Gasteiger partial charge on any atom is 0.160 e. The molecule has 2 heterocycles. The van der Waals surface area contributed by atoms with E-state index in [9.17, 15) is 0 Å². The molecule has 0 bridgehead atoms. The predicted molar refractivity (Wildman–Crippen MR) is 82.5 cm³/mol. The Balaban J connectivity index is 0.00000180. The van der Waals surface area contributed by atoms with Crippen LogP contribution in [-0.2, 0) is 0 Å². The summed E-state index contributed by atoms with van der Waals surface area (Å²) < 4.78 is 1.98. The minimum atomic E-state index is 0. The van der Waals surface area contributed by atoms with Gasteiger partial charge in [0.2, 0.25) is 0 Å². The van der Waals surface area contributed by atoms with Crippen LogP contribution in [0.4, 0.5) is 5.82 Å². The Hall–Kier alpha value is -1.29. The molecule has 0 aliphatic heterocycles. The van der Waals surface area contributed by atoms with Crippen molar-refractivity contribution in [1.29, 1.82) is 0 Å². The van der Waals surface area contributed by atoms with E-state index in [1.807, 2.05) is 17.6 Å². The van der Waals surface area contributed by atoms with E-state index in [0.717, 1.165) is 43.1 Å². The second kappa shape index (κ2) is 6.75. The van der Waals surface area contributed by atoms with Crippen molar-refractivity contribution in [2.45, 2.75) is 40.5 Å². The largest absolute Gasteiger partial charge is 0.356 e. The van der Waals surface area contributed by atoms with Crippen LogP contribution < -0.4 is 4.90 Å². The fraction of sp³-hybridized carbons (Fsp3) is 0.571. The zero-order valence-corrected chi connectivity index (χ0v) is 13.0. The van der Waals surface area contributed by atoms with Crippen LogP contribution in [0, 0.1) is 13.8 Å². The van der Waals surface area contributed by atoms with E-state index in [1.165, 1.54) is 5.56 Å². The minimum absolute atomic E-state index is 0. The van der Waals surface area contributed by atoms with E-state index in [4.69, 9.17) is 0 Å². The summed E-state index contributed by atoms with van der Waals surface area (Å²) >= 11 is 0. The van der Waals surface area contributed by atoms with Crippen LogP contribution in [0.15, 0.2) is 12.3 Å². The SMILES string of the molecule is CCCN(CCC)c1ccnc2c(C)c(C)nn12.Cl. The van der Waals surface area contributed by atoms with Crippen molar-refractivity contribution in [2.75, 3.05) is 18.0 Å². The van der Waals surface area contributed by atoms with Gasteiger partial charge in [0, 0.05) is 24.8 Å². The number of nitrogens with zero attached hydrogens (tertiary/aromatic N) is 4. The van der Waals surface area contributed by atoms with Crippen molar-refractivity contribution in [2.24, 2.45) is 0 Å². The number of fused-ring (bicyclic) bond motifs is 1. The lowest BCUT2D eigenvalue weighted by atomic mass is 10.3. The summed E-state index contributed by atoms with van der Waals surface area (Å²) in [4.78, 5) is 6.83. The fourth-order valence-corrected chi connectivity index (χ4v) is 2.27. The number of hydrogen-bond acceptors (Lipinski definition) is 3. The molecule has 0 radical (unpaired) electrons. The third-order valence-corrected chi connectivity index (χ3v) is 3.28. The number of aryl methyl sites for hydroxylation is 2. The molecule has 2 aromatic heterocycles. The lowest BCUT2D eigenvalue weighted by molar-refractivity contribution is 0.714. The highest BCUT2D eigenvalue weighted by molar-refractivity contribution is 5.85. The normalized spacial score (nSPS) is 10.5. The van der Waals surface area contributed by atoms with Gasteiger partial charge in [0.1, 0.15) is 5.82 Å². The topological polar surface area (TPSA) is 33.4 Å². The standard InChI is InChI=1S/C14H22N4.ClH/c1-5-9-17(10-6-2)13-7-8-15-14-11(3)12(4)16-18(13)14;/h7-8H,5-6,9-10H2,1-4H3;1H. The smallest absolute Gasteiger partial charge is 0.160 e. The van der Waals surface area contributed by atoms with Crippen LogP contribution in [0.2, 0.25) is 0 Å². The molecule has 0 unspecified atom stereocenters. The second-order valence-electron chi connectivity index (χ2n) is 4.74. The molecule has 0 N–H and O–H groups in total. The van der Waals surface area contributed by atoms with Gasteiger partial charge < -0.3 is 4.90 Å². The number of halogens is 1. The van der Waals surface area contributed by atoms with Crippen molar-refractivity contribution in [3.8, 4) is 0 Å². The zero-order chi connectivity index (χ0) is 13.1. The molecule has 5 heteroatoms. The van der Waals surface area contributed by atoms with Crippen molar-refractivity contribution in [3.63, 3.8) is 0 Å². The van der Waals surface area contributed by atoms with Gasteiger partial charge in [0.25, 0.3) is 0 Å². The van der Waals surface area contributed by atoms with Crippen molar-refractivity contribution in [1.82, 2.24) is 14.6 Å². The maximum atomic E-state index is 4.61. The second-order valence-corrected chi connectivity index (χ2v) is 4.74. The van der Waals surface area contributed by atoms with Crippen molar-refractivity contribution >= 4 is 23.9 Å². The van der Waals surface area contributed by atoms with Gasteiger partial charge in [-0.1, -0.05) is 13.8 Å². The molecule has 0 aromatic carbocycles. The van der Waals surface area contributed by atoms with Gasteiger partial charge in [0.15, 0.2) is 5.65 Å². The van der Waals surface area contributed by atoms with Gasteiger partial charge in [-0.05, 0) is 32.8 Å². The van der Waals surface area contributed by atoms with Crippen LogP contribution in [-0.4, -0.2) is 27.7 Å². The molecule has 0 spiro atoms. The highest BCUT2D eigenvalue weighted by Gasteiger charge is 2.13. The minimum Gasteiger partial charge on any atom is -0.356 e. The van der Waals surface area contributed by atoms with E-state index in [-0.39, 0.29) is 12.4 Å². The molecule has 0 saturated carbocycles. The van der Waals surface area contributed by atoms with Crippen LogP contribution in [0.5, 0.6) is 0 Å². The molecule has 2 rings (SSSR count). The Kier molecular flexibility index (Phi) is 5.60. The monoisotopic (exact) mass is 282 g/mol. The van der Waals surface area contributed by atoms with E-state index >= 15 is 0 Å². The molecule has 2 aromatic rings. The van der Waals surface area contributed by atoms with Gasteiger partial charge in [-0.2, -0.15) is 9.61 Å². The first-order valence-electron chi connectivity index (χ1n) is 6.74. The Morgan fingerprint density at radius 2 is 1.79 bits per heavy atom. The van der Waals surface area contributed by atoms with Crippen molar-refractivity contribution in [3.05, 3.63) is 23.5 Å². The molecule has 0 saturated heterocycles. The number of rotatable bonds is 5. The number of hydrogen-bond donors (Lipinski definition) is 0. The summed E-state index contributed by atoms with van der Waals surface area (Å²) in [5.41, 5.74) is 3.20. The van der Waals surface area contributed by atoms with E-state index in [2.05, 4.69) is 41.8 Å².